The fraction of sp³-hybridized carbons (Fsp3) is 0.391. The number of aromatic nitrogens is 2. The number of rotatable bonds is 9. The molecule has 0 aliphatic rings. The molecule has 0 fully saturated rings. The number of para-hydroxylation sites is 2. The van der Waals surface area contributed by atoms with Gasteiger partial charge in [0, 0.05) is 26.6 Å². The van der Waals surface area contributed by atoms with Crippen molar-refractivity contribution in [1.82, 2.24) is 20.6 Å². The minimum atomic E-state index is 0. The van der Waals surface area contributed by atoms with Crippen LogP contribution in [0, 0.1) is 0 Å². The minimum Gasteiger partial charge on any atom is -0.497 e. The fourth-order valence-corrected chi connectivity index (χ4v) is 3.31. The average Bonchev–Trinajstić information content (AvgIpc) is 3.18. The van der Waals surface area contributed by atoms with E-state index < -0.39 is 0 Å². The van der Waals surface area contributed by atoms with Crippen LogP contribution in [0.5, 0.6) is 5.75 Å². The van der Waals surface area contributed by atoms with Gasteiger partial charge in [0.25, 0.3) is 0 Å². The van der Waals surface area contributed by atoms with E-state index >= 15 is 0 Å². The van der Waals surface area contributed by atoms with Gasteiger partial charge >= 0.3 is 0 Å². The van der Waals surface area contributed by atoms with E-state index in [2.05, 4.69) is 50.7 Å². The van der Waals surface area contributed by atoms with Gasteiger partial charge in [-0.25, -0.2) is 4.98 Å². The maximum atomic E-state index is 5.22. The van der Waals surface area contributed by atoms with Crippen LogP contribution in [0.25, 0.3) is 11.0 Å². The predicted octanol–water partition coefficient (Wildman–Crippen LogP) is 4.48. The van der Waals surface area contributed by atoms with Gasteiger partial charge in [-0.3, -0.25) is 4.99 Å². The van der Waals surface area contributed by atoms with Gasteiger partial charge in [-0.05, 0) is 48.6 Å². The molecule has 0 saturated heterocycles. The monoisotopic (exact) mass is 521 g/mol. The summed E-state index contributed by atoms with van der Waals surface area (Å²) in [5, 5.41) is 6.79. The van der Waals surface area contributed by atoms with Crippen LogP contribution in [-0.2, 0) is 6.42 Å². The minimum absolute atomic E-state index is 0. The number of halogens is 1. The lowest BCUT2D eigenvalue weighted by atomic mass is 9.98. The summed E-state index contributed by atoms with van der Waals surface area (Å²) in [7, 11) is 3.50. The second-order valence-corrected chi connectivity index (χ2v) is 7.19. The fourth-order valence-electron chi connectivity index (χ4n) is 3.31. The van der Waals surface area contributed by atoms with Crippen molar-refractivity contribution in [2.45, 2.75) is 32.1 Å². The molecule has 3 rings (SSSR count). The Bertz CT molecular complexity index is 890. The van der Waals surface area contributed by atoms with Crippen LogP contribution in [0.1, 0.15) is 37.1 Å². The second-order valence-electron chi connectivity index (χ2n) is 7.19. The van der Waals surface area contributed by atoms with Crippen molar-refractivity contribution in [3.05, 3.63) is 59.9 Å². The summed E-state index contributed by atoms with van der Waals surface area (Å²) in [6, 6.07) is 16.4. The Hall–Kier alpha value is -2.29. The Morgan fingerprint density at radius 3 is 2.53 bits per heavy atom. The molecule has 3 aromatic rings. The zero-order valence-corrected chi connectivity index (χ0v) is 20.3. The van der Waals surface area contributed by atoms with Crippen LogP contribution in [0.2, 0.25) is 0 Å². The first kappa shape index (κ1) is 24.0. The summed E-state index contributed by atoms with van der Waals surface area (Å²) in [6.07, 6.45) is 2.93. The lowest BCUT2D eigenvalue weighted by molar-refractivity contribution is 0.414. The number of nitrogens with zero attached hydrogens (tertiary/aromatic N) is 2. The molecule has 1 atom stereocenters. The number of ether oxygens (including phenoxy) is 1. The summed E-state index contributed by atoms with van der Waals surface area (Å²) in [6.45, 7) is 3.97. The van der Waals surface area contributed by atoms with Gasteiger partial charge < -0.3 is 20.4 Å². The number of methoxy groups -OCH3 is 1. The molecule has 1 unspecified atom stereocenters. The van der Waals surface area contributed by atoms with Crippen molar-refractivity contribution in [2.75, 3.05) is 27.2 Å². The molecule has 0 spiro atoms. The third-order valence-electron chi connectivity index (χ3n) is 5.10. The molecule has 0 aliphatic carbocycles. The SMILES string of the molecule is CN=C(NCCCc1nc2ccccc2[nH]1)NCCC(C)c1ccc(OC)cc1.I. The highest BCUT2D eigenvalue weighted by atomic mass is 127. The maximum Gasteiger partial charge on any atom is 0.190 e. The molecule has 0 aliphatic heterocycles. The molecule has 7 heteroatoms. The molecule has 3 N–H and O–H groups in total. The highest BCUT2D eigenvalue weighted by Gasteiger charge is 2.07. The van der Waals surface area contributed by atoms with E-state index in [1.54, 1.807) is 7.11 Å². The number of nitrogens with one attached hydrogen (secondary N) is 3. The van der Waals surface area contributed by atoms with Crippen LogP contribution < -0.4 is 15.4 Å². The Kier molecular flexibility index (Phi) is 9.93. The van der Waals surface area contributed by atoms with Gasteiger partial charge in [0.15, 0.2) is 5.96 Å². The Labute approximate surface area is 196 Å². The zero-order chi connectivity index (χ0) is 20.5. The number of fused-ring (bicyclic) bond motifs is 1. The van der Waals surface area contributed by atoms with Crippen molar-refractivity contribution in [3.8, 4) is 5.75 Å². The smallest absolute Gasteiger partial charge is 0.190 e. The molecule has 6 nitrogen and oxygen atoms in total. The average molecular weight is 521 g/mol. The number of guanidine groups is 1. The highest BCUT2D eigenvalue weighted by Crippen LogP contribution is 2.21. The number of benzene rings is 2. The van der Waals surface area contributed by atoms with Crippen LogP contribution in [0.3, 0.4) is 0 Å². The molecule has 162 valence electrons. The molecule has 0 bridgehead atoms. The van der Waals surface area contributed by atoms with E-state index in [-0.39, 0.29) is 24.0 Å². The zero-order valence-electron chi connectivity index (χ0n) is 17.9. The number of aryl methyl sites for hydroxylation is 1. The molecule has 0 saturated carbocycles. The third-order valence-corrected chi connectivity index (χ3v) is 5.10. The highest BCUT2D eigenvalue weighted by molar-refractivity contribution is 14.0. The van der Waals surface area contributed by atoms with Crippen molar-refractivity contribution in [3.63, 3.8) is 0 Å². The standard InChI is InChI=1S/C23H31N5O.HI/c1-17(18-10-12-19(29-3)13-11-18)14-16-26-23(24-2)25-15-6-9-22-27-20-7-4-5-8-21(20)28-22;/h4-5,7-8,10-13,17H,6,9,14-16H2,1-3H3,(H,27,28)(H2,24,25,26);1H. The first-order valence-electron chi connectivity index (χ1n) is 10.2. The van der Waals surface area contributed by atoms with E-state index in [1.807, 2.05) is 37.4 Å². The number of hydrogen-bond acceptors (Lipinski definition) is 3. The summed E-state index contributed by atoms with van der Waals surface area (Å²) in [5.74, 6) is 3.24. The first-order valence-corrected chi connectivity index (χ1v) is 10.2. The number of hydrogen-bond donors (Lipinski definition) is 3. The van der Waals surface area contributed by atoms with Crippen LogP contribution in [0.15, 0.2) is 53.5 Å². The molecule has 1 aromatic heterocycles. The van der Waals surface area contributed by atoms with E-state index in [0.29, 0.717) is 5.92 Å². The number of H-pyrrole nitrogens is 1. The Morgan fingerprint density at radius 2 is 1.83 bits per heavy atom. The number of imidazole rings is 1. The van der Waals surface area contributed by atoms with Gasteiger partial charge in [0.05, 0.1) is 18.1 Å². The van der Waals surface area contributed by atoms with E-state index in [4.69, 9.17) is 4.74 Å². The molecular formula is C23H32IN5O. The van der Waals surface area contributed by atoms with Crippen molar-refractivity contribution < 1.29 is 4.74 Å². The first-order chi connectivity index (χ1) is 14.2. The Balaban J connectivity index is 0.00000320. The van der Waals surface area contributed by atoms with Crippen LogP contribution in [-0.4, -0.2) is 43.2 Å². The van der Waals surface area contributed by atoms with Gasteiger partial charge in [0.2, 0.25) is 0 Å². The van der Waals surface area contributed by atoms with Gasteiger partial charge in [-0.15, -0.1) is 24.0 Å². The summed E-state index contributed by atoms with van der Waals surface area (Å²) < 4.78 is 5.22. The summed E-state index contributed by atoms with van der Waals surface area (Å²) in [4.78, 5) is 12.3. The van der Waals surface area contributed by atoms with E-state index in [1.165, 1.54) is 5.56 Å². The molecule has 1 heterocycles. The molecule has 2 aromatic carbocycles. The van der Waals surface area contributed by atoms with E-state index in [0.717, 1.165) is 60.9 Å². The van der Waals surface area contributed by atoms with Crippen molar-refractivity contribution in [2.24, 2.45) is 4.99 Å². The topological polar surface area (TPSA) is 74.3 Å². The maximum absolute atomic E-state index is 5.22. The third kappa shape index (κ3) is 6.90. The summed E-state index contributed by atoms with van der Waals surface area (Å²) in [5.41, 5.74) is 3.44. The van der Waals surface area contributed by atoms with Crippen LogP contribution >= 0.6 is 24.0 Å². The van der Waals surface area contributed by atoms with Gasteiger partial charge in [0.1, 0.15) is 11.6 Å². The largest absolute Gasteiger partial charge is 0.497 e. The van der Waals surface area contributed by atoms with Gasteiger partial charge in [-0.2, -0.15) is 0 Å². The van der Waals surface area contributed by atoms with E-state index in [9.17, 15) is 0 Å². The van der Waals surface area contributed by atoms with Gasteiger partial charge in [-0.1, -0.05) is 31.2 Å². The summed E-state index contributed by atoms with van der Waals surface area (Å²) >= 11 is 0. The molecular weight excluding hydrogens is 489 g/mol. The quantitative estimate of drug-likeness (QED) is 0.168. The lowest BCUT2D eigenvalue weighted by Gasteiger charge is -2.15. The number of aromatic amines is 1. The van der Waals surface area contributed by atoms with Crippen molar-refractivity contribution >= 4 is 41.0 Å². The predicted molar refractivity (Wildman–Crippen MR) is 135 cm³/mol. The lowest BCUT2D eigenvalue weighted by Crippen LogP contribution is -2.38. The molecule has 30 heavy (non-hydrogen) atoms. The Morgan fingerprint density at radius 1 is 1.10 bits per heavy atom. The second kappa shape index (κ2) is 12.4. The normalized spacial score (nSPS) is 12.3. The molecule has 0 radical (unpaired) electrons. The number of aliphatic imine (C=N–C) groups is 1. The van der Waals surface area contributed by atoms with Crippen LogP contribution in [0.4, 0.5) is 0 Å². The van der Waals surface area contributed by atoms with Crippen molar-refractivity contribution in [1.29, 1.82) is 0 Å². The molecule has 0 amide bonds.